The molecule has 4 rings (SSSR count). The highest BCUT2D eigenvalue weighted by atomic mass is 32.1. The third-order valence-electron chi connectivity index (χ3n) is 5.26. The number of non-ortho nitro benzene ring substituents is 1. The molecule has 0 unspecified atom stereocenters. The maximum absolute atomic E-state index is 12.6. The third kappa shape index (κ3) is 5.55. The molecule has 1 aromatic heterocycles. The van der Waals surface area contributed by atoms with E-state index in [1.165, 1.54) is 35.3 Å². The van der Waals surface area contributed by atoms with Crippen LogP contribution in [0.25, 0.3) is 6.08 Å². The van der Waals surface area contributed by atoms with Crippen LogP contribution in [0.1, 0.15) is 23.4 Å². The average Bonchev–Trinajstić information content (AvgIpc) is 3.13. The molecule has 0 bridgehead atoms. The maximum Gasteiger partial charge on any atom is 0.269 e. The van der Waals surface area contributed by atoms with Crippen molar-refractivity contribution in [2.45, 2.75) is 12.8 Å². The van der Waals surface area contributed by atoms with Crippen LogP contribution in [0.15, 0.2) is 60.7 Å². The molecule has 0 spiro atoms. The van der Waals surface area contributed by atoms with E-state index in [9.17, 15) is 14.9 Å². The SMILES string of the molecule is O=C(C=Cc1ccc([N+](=O)[O-])cc1)N1CCCN(c2nc(Cc3ccccc3)ns2)CC1. The van der Waals surface area contributed by atoms with Crippen molar-refractivity contribution in [1.82, 2.24) is 14.3 Å². The Labute approximate surface area is 190 Å². The molecule has 2 heterocycles. The van der Waals surface area contributed by atoms with Gasteiger partial charge in [-0.05, 0) is 35.8 Å². The van der Waals surface area contributed by atoms with E-state index < -0.39 is 4.92 Å². The number of carbonyl (C=O) groups is 1. The maximum atomic E-state index is 12.6. The quantitative estimate of drug-likeness (QED) is 0.323. The molecule has 32 heavy (non-hydrogen) atoms. The number of anilines is 1. The highest BCUT2D eigenvalue weighted by molar-refractivity contribution is 7.09. The fourth-order valence-corrected chi connectivity index (χ4v) is 4.27. The first-order valence-corrected chi connectivity index (χ1v) is 11.2. The Morgan fingerprint density at radius 1 is 1.06 bits per heavy atom. The minimum Gasteiger partial charge on any atom is -0.345 e. The molecule has 0 radical (unpaired) electrons. The predicted molar refractivity (Wildman–Crippen MR) is 125 cm³/mol. The van der Waals surface area contributed by atoms with Crippen molar-refractivity contribution in [2.24, 2.45) is 0 Å². The van der Waals surface area contributed by atoms with Gasteiger partial charge in [0.1, 0.15) is 5.82 Å². The molecule has 0 N–H and O–H groups in total. The molecule has 9 heteroatoms. The number of amides is 1. The standard InChI is InChI=1S/C23H23N5O3S/c29-22(12-9-18-7-10-20(11-8-18)28(30)31)26-13-4-14-27(16-15-26)23-24-21(25-32-23)17-19-5-2-1-3-6-19/h1-3,5-12H,4,13-17H2. The number of hydrogen-bond donors (Lipinski definition) is 0. The minimum absolute atomic E-state index is 0.0321. The predicted octanol–water partition coefficient (Wildman–Crippen LogP) is 3.79. The van der Waals surface area contributed by atoms with Gasteiger partial charge in [0.2, 0.25) is 11.0 Å². The van der Waals surface area contributed by atoms with Gasteiger partial charge in [0.25, 0.3) is 5.69 Å². The summed E-state index contributed by atoms with van der Waals surface area (Å²) < 4.78 is 4.51. The van der Waals surface area contributed by atoms with Crippen molar-refractivity contribution in [1.29, 1.82) is 0 Å². The Kier molecular flexibility index (Phi) is 6.86. The van der Waals surface area contributed by atoms with Gasteiger partial charge >= 0.3 is 0 Å². The lowest BCUT2D eigenvalue weighted by atomic mass is 10.1. The zero-order valence-electron chi connectivity index (χ0n) is 17.5. The van der Waals surface area contributed by atoms with Crippen LogP contribution in [0.3, 0.4) is 0 Å². The molecule has 0 saturated carbocycles. The normalized spacial score (nSPS) is 14.5. The topological polar surface area (TPSA) is 92.5 Å². The summed E-state index contributed by atoms with van der Waals surface area (Å²) in [5.41, 5.74) is 1.97. The van der Waals surface area contributed by atoms with Gasteiger partial charge in [-0.15, -0.1) is 0 Å². The fraction of sp³-hybridized carbons (Fsp3) is 0.261. The van der Waals surface area contributed by atoms with E-state index in [0.717, 1.165) is 29.5 Å². The summed E-state index contributed by atoms with van der Waals surface area (Å²) in [4.78, 5) is 31.7. The van der Waals surface area contributed by atoms with Crippen molar-refractivity contribution < 1.29 is 9.72 Å². The molecule has 2 aromatic carbocycles. The van der Waals surface area contributed by atoms with Crippen LogP contribution < -0.4 is 4.90 Å². The van der Waals surface area contributed by atoms with E-state index in [1.54, 1.807) is 18.2 Å². The second-order valence-corrected chi connectivity index (χ2v) is 8.23. The monoisotopic (exact) mass is 449 g/mol. The summed E-state index contributed by atoms with van der Waals surface area (Å²) in [6.07, 6.45) is 4.78. The number of hydrogen-bond acceptors (Lipinski definition) is 7. The van der Waals surface area contributed by atoms with E-state index in [1.807, 2.05) is 23.1 Å². The van der Waals surface area contributed by atoms with Gasteiger partial charge in [-0.25, -0.2) is 4.98 Å². The molecule has 1 fully saturated rings. The largest absolute Gasteiger partial charge is 0.345 e. The van der Waals surface area contributed by atoms with Gasteiger partial charge < -0.3 is 9.80 Å². The average molecular weight is 450 g/mol. The molecule has 3 aromatic rings. The summed E-state index contributed by atoms with van der Waals surface area (Å²) >= 11 is 1.40. The number of rotatable bonds is 6. The molecule has 8 nitrogen and oxygen atoms in total. The molecular weight excluding hydrogens is 426 g/mol. The van der Waals surface area contributed by atoms with Gasteiger partial charge in [0, 0.05) is 62.3 Å². The van der Waals surface area contributed by atoms with Crippen LogP contribution >= 0.6 is 11.5 Å². The Bertz CT molecular complexity index is 1100. The summed E-state index contributed by atoms with van der Waals surface area (Å²) in [5, 5.41) is 11.6. The summed E-state index contributed by atoms with van der Waals surface area (Å²) in [6.45, 7) is 2.82. The summed E-state index contributed by atoms with van der Waals surface area (Å²) in [6, 6.07) is 16.3. The van der Waals surface area contributed by atoms with E-state index in [-0.39, 0.29) is 11.6 Å². The van der Waals surface area contributed by atoms with Crippen molar-refractivity contribution in [3.63, 3.8) is 0 Å². The molecule has 1 aliphatic rings. The fourth-order valence-electron chi connectivity index (χ4n) is 3.53. The van der Waals surface area contributed by atoms with Gasteiger partial charge in [-0.1, -0.05) is 30.3 Å². The number of benzene rings is 2. The highest BCUT2D eigenvalue weighted by Crippen LogP contribution is 2.21. The molecule has 1 amide bonds. The van der Waals surface area contributed by atoms with Crippen LogP contribution in [0.5, 0.6) is 0 Å². The van der Waals surface area contributed by atoms with Crippen LogP contribution in [0.4, 0.5) is 10.8 Å². The third-order valence-corrected chi connectivity index (χ3v) is 6.08. The first-order valence-electron chi connectivity index (χ1n) is 10.4. The van der Waals surface area contributed by atoms with Crippen LogP contribution in [-0.2, 0) is 11.2 Å². The van der Waals surface area contributed by atoms with Crippen molar-refractivity contribution in [2.75, 3.05) is 31.1 Å². The Hall–Kier alpha value is -3.59. The van der Waals surface area contributed by atoms with Gasteiger partial charge in [0.15, 0.2) is 0 Å². The Morgan fingerprint density at radius 2 is 1.84 bits per heavy atom. The van der Waals surface area contributed by atoms with Gasteiger partial charge in [0.05, 0.1) is 4.92 Å². The first kappa shape index (κ1) is 21.6. The van der Waals surface area contributed by atoms with E-state index in [4.69, 9.17) is 4.98 Å². The number of nitro benzene ring substituents is 1. The summed E-state index contributed by atoms with van der Waals surface area (Å²) in [5.74, 6) is 0.756. The van der Waals surface area contributed by atoms with Crippen LogP contribution in [0, 0.1) is 10.1 Å². The molecule has 1 aliphatic heterocycles. The van der Waals surface area contributed by atoms with Crippen molar-refractivity contribution >= 4 is 34.3 Å². The molecule has 1 saturated heterocycles. The van der Waals surface area contributed by atoms with E-state index in [2.05, 4.69) is 21.4 Å². The Balaban J connectivity index is 1.32. The van der Waals surface area contributed by atoms with Gasteiger partial charge in [-0.3, -0.25) is 14.9 Å². The second kappa shape index (κ2) is 10.1. The van der Waals surface area contributed by atoms with E-state index >= 15 is 0 Å². The number of nitrogens with zero attached hydrogens (tertiary/aromatic N) is 5. The van der Waals surface area contributed by atoms with E-state index in [0.29, 0.717) is 26.1 Å². The number of aromatic nitrogens is 2. The molecule has 0 aliphatic carbocycles. The molecule has 164 valence electrons. The minimum atomic E-state index is -0.440. The lowest BCUT2D eigenvalue weighted by Crippen LogP contribution is -2.34. The van der Waals surface area contributed by atoms with Crippen LogP contribution in [-0.4, -0.2) is 51.3 Å². The van der Waals surface area contributed by atoms with Crippen molar-refractivity contribution in [3.8, 4) is 0 Å². The highest BCUT2D eigenvalue weighted by Gasteiger charge is 2.20. The zero-order chi connectivity index (χ0) is 22.3. The lowest BCUT2D eigenvalue weighted by Gasteiger charge is -2.20. The zero-order valence-corrected chi connectivity index (χ0v) is 18.3. The first-order chi connectivity index (χ1) is 15.6. The lowest BCUT2D eigenvalue weighted by molar-refractivity contribution is -0.384. The molecule has 0 atom stereocenters. The smallest absolute Gasteiger partial charge is 0.269 e. The second-order valence-electron chi connectivity index (χ2n) is 7.50. The number of carbonyl (C=O) groups excluding carboxylic acids is 1. The van der Waals surface area contributed by atoms with Crippen LogP contribution in [0.2, 0.25) is 0 Å². The van der Waals surface area contributed by atoms with Gasteiger partial charge in [-0.2, -0.15) is 4.37 Å². The summed E-state index contributed by atoms with van der Waals surface area (Å²) in [7, 11) is 0. The number of nitro groups is 1. The Morgan fingerprint density at radius 3 is 2.59 bits per heavy atom. The molecular formula is C23H23N5O3S. The van der Waals surface area contributed by atoms with Crippen molar-refractivity contribution in [3.05, 3.63) is 87.7 Å².